The second-order valence-corrected chi connectivity index (χ2v) is 5.42. The average molecular weight is 342 g/mol. The van der Waals surface area contributed by atoms with Crippen LogP contribution in [0.2, 0.25) is 0 Å². The first-order valence-corrected chi connectivity index (χ1v) is 7.85. The Morgan fingerprint density at radius 1 is 1.00 bits per heavy atom. The van der Waals surface area contributed by atoms with E-state index in [4.69, 9.17) is 13.3 Å². The molecule has 3 aromatic heterocycles. The lowest BCUT2D eigenvalue weighted by molar-refractivity contribution is -0.121. The summed E-state index contributed by atoms with van der Waals surface area (Å²) in [5, 5.41) is 2.76. The summed E-state index contributed by atoms with van der Waals surface area (Å²) in [7, 11) is 0. The van der Waals surface area contributed by atoms with Crippen molar-refractivity contribution in [2.75, 3.05) is 6.54 Å². The van der Waals surface area contributed by atoms with Crippen molar-refractivity contribution in [2.45, 2.75) is 19.5 Å². The highest BCUT2D eigenvalue weighted by Gasteiger charge is 2.19. The van der Waals surface area contributed by atoms with Crippen molar-refractivity contribution in [3.63, 3.8) is 0 Å². The van der Waals surface area contributed by atoms with Gasteiger partial charge in [-0.2, -0.15) is 0 Å². The average Bonchev–Trinajstić information content (AvgIpc) is 3.39. The highest BCUT2D eigenvalue weighted by molar-refractivity contribution is 5.94. The van der Waals surface area contributed by atoms with E-state index in [1.54, 1.807) is 47.8 Å². The second-order valence-electron chi connectivity index (χ2n) is 5.42. The van der Waals surface area contributed by atoms with E-state index < -0.39 is 0 Å². The molecule has 0 radical (unpaired) electrons. The quantitative estimate of drug-likeness (QED) is 0.680. The van der Waals surface area contributed by atoms with Crippen LogP contribution >= 0.6 is 0 Å². The smallest absolute Gasteiger partial charge is 0.257 e. The zero-order chi connectivity index (χ0) is 17.5. The molecule has 3 aromatic rings. The number of carbonyl (C=O) groups is 2. The fourth-order valence-electron chi connectivity index (χ4n) is 2.34. The van der Waals surface area contributed by atoms with Crippen molar-refractivity contribution in [1.29, 1.82) is 0 Å². The molecule has 7 nitrogen and oxygen atoms in total. The van der Waals surface area contributed by atoms with E-state index in [0.29, 0.717) is 23.6 Å². The van der Waals surface area contributed by atoms with Gasteiger partial charge in [-0.05, 0) is 30.3 Å². The van der Waals surface area contributed by atoms with Gasteiger partial charge in [0.15, 0.2) is 0 Å². The van der Waals surface area contributed by atoms with Crippen molar-refractivity contribution in [2.24, 2.45) is 0 Å². The van der Waals surface area contributed by atoms with E-state index in [-0.39, 0.29) is 31.3 Å². The Morgan fingerprint density at radius 3 is 2.40 bits per heavy atom. The highest BCUT2D eigenvalue weighted by Crippen LogP contribution is 2.12. The zero-order valence-corrected chi connectivity index (χ0v) is 13.5. The normalized spacial score (nSPS) is 10.6. The van der Waals surface area contributed by atoms with Crippen molar-refractivity contribution in [3.05, 3.63) is 72.5 Å². The number of amides is 2. The van der Waals surface area contributed by atoms with Crippen molar-refractivity contribution < 1.29 is 22.8 Å². The van der Waals surface area contributed by atoms with Gasteiger partial charge in [-0.25, -0.2) is 0 Å². The van der Waals surface area contributed by atoms with Crippen molar-refractivity contribution in [1.82, 2.24) is 10.2 Å². The lowest BCUT2D eigenvalue weighted by Crippen LogP contribution is -2.34. The fourth-order valence-corrected chi connectivity index (χ4v) is 2.34. The van der Waals surface area contributed by atoms with Crippen LogP contribution in [-0.4, -0.2) is 23.3 Å². The number of furan rings is 3. The summed E-state index contributed by atoms with van der Waals surface area (Å²) < 4.78 is 15.4. The maximum atomic E-state index is 12.6. The fraction of sp³-hybridized carbons (Fsp3) is 0.222. The third-order valence-electron chi connectivity index (χ3n) is 3.63. The number of rotatable bonds is 8. The van der Waals surface area contributed by atoms with E-state index in [1.807, 2.05) is 0 Å². The molecular formula is C18H18N2O5. The van der Waals surface area contributed by atoms with Crippen LogP contribution < -0.4 is 5.32 Å². The van der Waals surface area contributed by atoms with Crippen LogP contribution in [0.25, 0.3) is 0 Å². The van der Waals surface area contributed by atoms with Gasteiger partial charge in [0.05, 0.1) is 37.4 Å². The van der Waals surface area contributed by atoms with E-state index in [1.165, 1.54) is 12.5 Å². The molecule has 7 heteroatoms. The molecule has 0 aromatic carbocycles. The summed E-state index contributed by atoms with van der Waals surface area (Å²) in [4.78, 5) is 26.1. The molecular weight excluding hydrogens is 324 g/mol. The zero-order valence-electron chi connectivity index (χ0n) is 13.5. The largest absolute Gasteiger partial charge is 0.472 e. The van der Waals surface area contributed by atoms with Crippen LogP contribution in [0.5, 0.6) is 0 Å². The lowest BCUT2D eigenvalue weighted by Gasteiger charge is -2.20. The number of carbonyl (C=O) groups excluding carboxylic acids is 2. The molecule has 0 aliphatic carbocycles. The number of hydrogen-bond donors (Lipinski definition) is 1. The molecule has 0 fully saturated rings. The number of nitrogens with zero attached hydrogens (tertiary/aromatic N) is 1. The topological polar surface area (TPSA) is 88.8 Å². The number of hydrogen-bond acceptors (Lipinski definition) is 5. The summed E-state index contributed by atoms with van der Waals surface area (Å²) in [6.45, 7) is 0.858. The van der Waals surface area contributed by atoms with E-state index in [9.17, 15) is 9.59 Å². The predicted octanol–water partition coefficient (Wildman–Crippen LogP) is 2.81. The summed E-state index contributed by atoms with van der Waals surface area (Å²) in [5.74, 6) is 0.938. The highest BCUT2D eigenvalue weighted by atomic mass is 16.3. The Hall–Kier alpha value is -3.22. The van der Waals surface area contributed by atoms with Gasteiger partial charge in [-0.3, -0.25) is 9.59 Å². The van der Waals surface area contributed by atoms with Gasteiger partial charge in [0, 0.05) is 13.0 Å². The first-order chi connectivity index (χ1) is 12.2. The third-order valence-corrected chi connectivity index (χ3v) is 3.63. The van der Waals surface area contributed by atoms with Gasteiger partial charge >= 0.3 is 0 Å². The predicted molar refractivity (Wildman–Crippen MR) is 87.3 cm³/mol. The molecule has 3 heterocycles. The minimum atomic E-state index is -0.219. The summed E-state index contributed by atoms with van der Waals surface area (Å²) in [6.07, 6.45) is 6.09. The molecule has 0 aliphatic heterocycles. The van der Waals surface area contributed by atoms with E-state index >= 15 is 0 Å². The third kappa shape index (κ3) is 4.63. The molecule has 0 saturated heterocycles. The monoisotopic (exact) mass is 342 g/mol. The molecule has 130 valence electrons. The summed E-state index contributed by atoms with van der Waals surface area (Å²) in [5.41, 5.74) is 0.433. The minimum Gasteiger partial charge on any atom is -0.472 e. The maximum absolute atomic E-state index is 12.6. The first-order valence-electron chi connectivity index (χ1n) is 7.85. The summed E-state index contributed by atoms with van der Waals surface area (Å²) in [6, 6.07) is 8.68. The molecule has 25 heavy (non-hydrogen) atoms. The van der Waals surface area contributed by atoms with Gasteiger partial charge in [0.2, 0.25) is 5.91 Å². The van der Waals surface area contributed by atoms with Gasteiger partial charge in [0.1, 0.15) is 17.8 Å². The van der Waals surface area contributed by atoms with Crippen LogP contribution in [0, 0.1) is 0 Å². The van der Waals surface area contributed by atoms with Crippen LogP contribution in [0.15, 0.2) is 68.6 Å². The van der Waals surface area contributed by atoms with Crippen LogP contribution in [0.4, 0.5) is 0 Å². The van der Waals surface area contributed by atoms with Gasteiger partial charge in [-0.1, -0.05) is 0 Å². The lowest BCUT2D eigenvalue weighted by atomic mass is 10.2. The molecule has 2 amide bonds. The standard InChI is InChI=1S/C18H18N2O5/c21-17(19-11-15-3-1-8-24-15)5-7-20(12-16-4-2-9-25-16)18(22)14-6-10-23-13-14/h1-4,6,8-10,13H,5,7,11-12H2,(H,19,21). The molecule has 0 atom stereocenters. The molecule has 0 spiro atoms. The Balaban J connectivity index is 1.57. The second kappa shape index (κ2) is 8.05. The van der Waals surface area contributed by atoms with Gasteiger partial charge < -0.3 is 23.5 Å². The first kappa shape index (κ1) is 16.6. The summed E-state index contributed by atoms with van der Waals surface area (Å²) >= 11 is 0. The van der Waals surface area contributed by atoms with Crippen LogP contribution in [0.1, 0.15) is 28.3 Å². The van der Waals surface area contributed by atoms with Crippen LogP contribution in [0.3, 0.4) is 0 Å². The molecule has 1 N–H and O–H groups in total. The van der Waals surface area contributed by atoms with Gasteiger partial charge in [0.25, 0.3) is 5.91 Å². The Kier molecular flexibility index (Phi) is 5.36. The van der Waals surface area contributed by atoms with E-state index in [2.05, 4.69) is 5.32 Å². The molecule has 3 rings (SSSR count). The Labute approximate surface area is 144 Å². The Morgan fingerprint density at radius 2 is 1.76 bits per heavy atom. The number of nitrogens with one attached hydrogen (secondary N) is 1. The SMILES string of the molecule is O=C(CCN(Cc1ccco1)C(=O)c1ccoc1)NCc1ccco1. The molecule has 0 aliphatic rings. The van der Waals surface area contributed by atoms with Crippen molar-refractivity contribution in [3.8, 4) is 0 Å². The van der Waals surface area contributed by atoms with Crippen molar-refractivity contribution >= 4 is 11.8 Å². The van der Waals surface area contributed by atoms with E-state index in [0.717, 1.165) is 0 Å². The molecule has 0 unspecified atom stereocenters. The maximum Gasteiger partial charge on any atom is 0.257 e. The Bertz CT molecular complexity index is 776. The van der Waals surface area contributed by atoms with Gasteiger partial charge in [-0.15, -0.1) is 0 Å². The van der Waals surface area contributed by atoms with Crippen LogP contribution in [-0.2, 0) is 17.9 Å². The minimum absolute atomic E-state index is 0.166. The molecule has 0 saturated carbocycles. The molecule has 0 bridgehead atoms.